The normalized spacial score (nSPS) is 19.5. The van der Waals surface area contributed by atoms with Crippen molar-refractivity contribution in [2.45, 2.75) is 70.1 Å². The Labute approximate surface area is 306 Å². The van der Waals surface area contributed by atoms with E-state index in [2.05, 4.69) is 4.98 Å². The first kappa shape index (κ1) is 19.3. The van der Waals surface area contributed by atoms with Gasteiger partial charge in [0.25, 0.3) is 5.56 Å². The third-order valence-electron chi connectivity index (χ3n) is 7.15. The second kappa shape index (κ2) is 15.5. The Morgan fingerprint density at radius 1 is 1.00 bits per heavy atom. The highest BCUT2D eigenvalue weighted by Crippen LogP contribution is 2.34. The summed E-state index contributed by atoms with van der Waals surface area (Å²) < 4.78 is 205. The van der Waals surface area contributed by atoms with Gasteiger partial charge in [0.1, 0.15) is 12.3 Å². The van der Waals surface area contributed by atoms with E-state index in [1.807, 2.05) is 0 Å². The van der Waals surface area contributed by atoms with Crippen molar-refractivity contribution in [3.63, 3.8) is 0 Å². The fraction of sp³-hybridized carbons (Fsp3) is 0.378. The lowest BCUT2D eigenvalue weighted by atomic mass is 9.98. The second-order valence-corrected chi connectivity index (χ2v) is 11.1. The Hall–Kier alpha value is -3.96. The maximum Gasteiger partial charge on any atom is 0.416 e. The highest BCUT2D eigenvalue weighted by atomic mass is 32.2. The van der Waals surface area contributed by atoms with Crippen molar-refractivity contribution >= 4 is 17.7 Å². The molecule has 0 unspecified atom stereocenters. The molecule has 3 aromatic carbocycles. The maximum absolute atomic E-state index is 15.0. The van der Waals surface area contributed by atoms with Crippen molar-refractivity contribution in [1.82, 2.24) is 19.4 Å². The van der Waals surface area contributed by atoms with Crippen molar-refractivity contribution in [2.24, 2.45) is 0 Å². The van der Waals surface area contributed by atoms with E-state index in [9.17, 15) is 27.8 Å². The zero-order valence-electron chi connectivity index (χ0n) is 42.9. The number of fused-ring (bicyclic) bond motifs is 1. The SMILES string of the molecule is [2H]c1c([2H])c(C([2H])([2H])N(CCN(C([2H])([2H])C)C([2H])([2H])C)C(=O)C([2H])([2H])n2c(SC([2H])([2H])c3ccc(F)cc3)nc(=O)c3c2CCC3)c([2H])c([2H])c1-c1c([2H])c([2H])c(C(F)(F)F)c(C)c1[2H]. The number of hydrogen-bond acceptors (Lipinski definition) is 5. The molecule has 4 aromatic rings. The molecule has 11 heteroatoms. The van der Waals surface area contributed by atoms with Crippen molar-refractivity contribution in [3.8, 4) is 11.1 Å². The molecular weight excluding hydrogens is 640 g/mol. The number of alkyl halides is 3. The number of aromatic nitrogens is 2. The van der Waals surface area contributed by atoms with Crippen LogP contribution in [-0.2, 0) is 42.5 Å². The molecule has 0 N–H and O–H groups in total. The standard InChI is InChI=1S/C37H40F4N4O2S/c1-4-43(5-2)19-20-44(22-26-9-13-28(14-10-26)29-15-18-32(25(3)21-29)37(39,40)41)34(46)23-45-33-8-6-7-31(33)35(47)42-36(45)48-24-27-11-16-30(38)17-12-27/h9-18,21H,4-8,19-20,22-24H2,1-3H3/i4D2,5D2,9D,10D,13D,14D,15D,18D,21D,22D2,23D2,24D2. The average molecular weight is 698 g/mol. The Kier molecular flexibility index (Phi) is 6.23. The molecule has 1 aliphatic carbocycles. The van der Waals surface area contributed by atoms with E-state index in [1.54, 1.807) is 0 Å². The summed E-state index contributed by atoms with van der Waals surface area (Å²) in [5, 5.41) is -0.744. The van der Waals surface area contributed by atoms with Gasteiger partial charge in [-0.05, 0) is 85.2 Å². The van der Waals surface area contributed by atoms with E-state index in [0.29, 0.717) is 9.47 Å². The third kappa shape index (κ3) is 8.54. The van der Waals surface area contributed by atoms with Crippen molar-refractivity contribution in [3.05, 3.63) is 116 Å². The molecule has 254 valence electrons. The van der Waals surface area contributed by atoms with E-state index in [-0.39, 0.29) is 52.7 Å². The fourth-order valence-electron chi connectivity index (χ4n) is 4.77. The van der Waals surface area contributed by atoms with Gasteiger partial charge in [-0.15, -0.1) is 0 Å². The molecule has 1 heterocycles. The summed E-state index contributed by atoms with van der Waals surface area (Å²) in [7, 11) is 0. The van der Waals surface area contributed by atoms with Crippen LogP contribution in [0.4, 0.5) is 17.6 Å². The highest BCUT2D eigenvalue weighted by Gasteiger charge is 2.32. The molecule has 48 heavy (non-hydrogen) atoms. The monoisotopic (exact) mass is 697 g/mol. The van der Waals surface area contributed by atoms with Gasteiger partial charge in [0.05, 0.1) is 20.6 Å². The summed E-state index contributed by atoms with van der Waals surface area (Å²) in [4.78, 5) is 32.8. The lowest BCUT2D eigenvalue weighted by Gasteiger charge is -2.28. The van der Waals surface area contributed by atoms with E-state index in [4.69, 9.17) is 17.8 Å². The van der Waals surface area contributed by atoms with Crippen LogP contribution >= 0.6 is 11.8 Å². The molecule has 0 fully saturated rings. The maximum atomic E-state index is 15.0. The smallest absolute Gasteiger partial charge is 0.336 e. The predicted octanol–water partition coefficient (Wildman–Crippen LogP) is 7.53. The largest absolute Gasteiger partial charge is 0.416 e. The van der Waals surface area contributed by atoms with E-state index < -0.39 is 144 Å². The quantitative estimate of drug-likeness (QED) is 0.0822. The number of thioether (sulfide) groups is 1. The summed E-state index contributed by atoms with van der Waals surface area (Å²) >= 11 is 0.146. The minimum absolute atomic E-state index is 0.0352. The van der Waals surface area contributed by atoms with Crippen molar-refractivity contribution in [1.29, 1.82) is 0 Å². The van der Waals surface area contributed by atoms with Gasteiger partial charge in [0.2, 0.25) is 5.91 Å². The van der Waals surface area contributed by atoms with Gasteiger partial charge in [-0.2, -0.15) is 18.2 Å². The van der Waals surface area contributed by atoms with Crippen LogP contribution in [0, 0.1) is 12.7 Å². The van der Waals surface area contributed by atoms with Crippen LogP contribution in [0.15, 0.2) is 76.5 Å². The number of hydrogen-bond donors (Lipinski definition) is 0. The van der Waals surface area contributed by atoms with E-state index in [0.717, 1.165) is 45.0 Å². The molecule has 0 aliphatic heterocycles. The van der Waals surface area contributed by atoms with Gasteiger partial charge < -0.3 is 14.4 Å². The predicted molar refractivity (Wildman–Crippen MR) is 181 cm³/mol. The molecule has 1 aliphatic rings. The van der Waals surface area contributed by atoms with Crippen LogP contribution in [0.5, 0.6) is 0 Å². The summed E-state index contributed by atoms with van der Waals surface area (Å²) in [6.07, 6.45) is -5.04. The number of likely N-dealkylation sites (N-methyl/N-ethyl adjacent to an activating group) is 1. The van der Waals surface area contributed by atoms with E-state index in [1.165, 1.54) is 0 Å². The van der Waals surface area contributed by atoms with Crippen LogP contribution in [0.2, 0.25) is 0 Å². The van der Waals surface area contributed by atoms with Crippen LogP contribution in [-0.4, -0.2) is 51.3 Å². The van der Waals surface area contributed by atoms with Crippen LogP contribution in [0.1, 0.15) is 77.1 Å². The molecule has 0 bridgehead atoms. The van der Waals surface area contributed by atoms with Crippen LogP contribution < -0.4 is 5.56 Å². The summed E-state index contributed by atoms with van der Waals surface area (Å²) in [6, 6.07) is -5.02. The van der Waals surface area contributed by atoms with E-state index >= 15 is 4.79 Å². The van der Waals surface area contributed by atoms with Gasteiger partial charge in [-0.1, -0.05) is 74.0 Å². The second-order valence-electron chi connectivity index (χ2n) is 10.3. The van der Waals surface area contributed by atoms with Gasteiger partial charge in [0.15, 0.2) is 5.16 Å². The summed E-state index contributed by atoms with van der Waals surface area (Å²) in [5.74, 6) is -2.64. The first-order valence-corrected chi connectivity index (χ1v) is 15.3. The van der Waals surface area contributed by atoms with Crippen molar-refractivity contribution < 1.29 is 45.7 Å². The minimum Gasteiger partial charge on any atom is -0.336 e. The Morgan fingerprint density at radius 3 is 2.35 bits per heavy atom. The Morgan fingerprint density at radius 2 is 1.69 bits per heavy atom. The topological polar surface area (TPSA) is 58.4 Å². The highest BCUT2D eigenvalue weighted by molar-refractivity contribution is 7.98. The average Bonchev–Trinajstić information content (AvgIpc) is 3.64. The molecule has 6 nitrogen and oxygen atoms in total. The fourth-order valence-corrected chi connectivity index (χ4v) is 5.49. The summed E-state index contributed by atoms with van der Waals surface area (Å²) in [6.45, 7) is -11.9. The van der Waals surface area contributed by atoms with Crippen LogP contribution in [0.3, 0.4) is 0 Å². The Balaban J connectivity index is 1.78. The number of rotatable bonds is 13. The van der Waals surface area contributed by atoms with Crippen molar-refractivity contribution in [2.75, 3.05) is 26.1 Å². The first-order chi connectivity index (χ1) is 29.5. The lowest BCUT2D eigenvalue weighted by Crippen LogP contribution is -2.40. The minimum atomic E-state index is -5.22. The molecule has 5 rings (SSSR count). The molecule has 0 saturated heterocycles. The molecule has 0 saturated carbocycles. The number of halogens is 4. The molecule has 1 amide bonds. The zero-order valence-corrected chi connectivity index (χ0v) is 26.7. The molecule has 1 aromatic heterocycles. The molecule has 0 spiro atoms. The molecule has 0 atom stereocenters. The van der Waals surface area contributed by atoms with Gasteiger partial charge in [-0.25, -0.2) is 4.39 Å². The lowest BCUT2D eigenvalue weighted by molar-refractivity contribution is -0.138. The molecule has 0 radical (unpaired) electrons. The number of carbonyl (C=O) groups is 1. The zero-order chi connectivity index (χ0) is 49.5. The third-order valence-corrected chi connectivity index (χ3v) is 7.95. The van der Waals surface area contributed by atoms with Gasteiger partial charge >= 0.3 is 6.18 Å². The van der Waals surface area contributed by atoms with Gasteiger partial charge in [0, 0.05) is 44.8 Å². The summed E-state index contributed by atoms with van der Waals surface area (Å²) in [5.41, 5.74) is -9.68. The number of nitrogens with zero attached hydrogens (tertiary/aromatic N) is 4. The molecular formula is C37H40F4N4O2S. The number of carbonyl (C=O) groups excluding carboxylic acids is 1. The number of benzene rings is 3. The number of amides is 1. The van der Waals surface area contributed by atoms with Crippen LogP contribution in [0.25, 0.3) is 11.1 Å². The van der Waals surface area contributed by atoms with Gasteiger partial charge in [-0.3, -0.25) is 9.59 Å². The Bertz CT molecular complexity index is 2550. The first-order valence-electron chi connectivity index (χ1n) is 23.0.